The van der Waals surface area contributed by atoms with Crippen LogP contribution in [0.2, 0.25) is 0 Å². The van der Waals surface area contributed by atoms with Crippen LogP contribution in [0.1, 0.15) is 30.8 Å². The summed E-state index contributed by atoms with van der Waals surface area (Å²) in [6, 6.07) is 5.16. The van der Waals surface area contributed by atoms with Gasteiger partial charge in [-0.15, -0.1) is 5.10 Å². The van der Waals surface area contributed by atoms with Gasteiger partial charge < -0.3 is 10.4 Å². The maximum atomic E-state index is 13.0. The summed E-state index contributed by atoms with van der Waals surface area (Å²) in [6.45, 7) is 3.52. The van der Waals surface area contributed by atoms with Crippen LogP contribution in [0, 0.1) is 12.7 Å². The van der Waals surface area contributed by atoms with E-state index in [1.165, 1.54) is 16.8 Å². The van der Waals surface area contributed by atoms with E-state index in [0.29, 0.717) is 18.7 Å². The first kappa shape index (κ1) is 17.0. The van der Waals surface area contributed by atoms with Crippen LogP contribution in [0.3, 0.4) is 0 Å². The second-order valence-corrected chi connectivity index (χ2v) is 5.44. The predicted molar refractivity (Wildman–Crippen MR) is 81.0 cm³/mol. The number of hydrogen-bond donors (Lipinski definition) is 2. The highest BCUT2D eigenvalue weighted by molar-refractivity contribution is 5.80. The van der Waals surface area contributed by atoms with Crippen molar-refractivity contribution in [3.05, 3.63) is 41.5 Å². The topological polar surface area (TPSA) is 92.9 Å². The highest BCUT2D eigenvalue weighted by Crippen LogP contribution is 2.16. The van der Waals surface area contributed by atoms with E-state index < -0.39 is 6.04 Å². The van der Waals surface area contributed by atoms with Crippen molar-refractivity contribution in [1.29, 1.82) is 0 Å². The number of hydrogen-bond acceptors (Lipinski definition) is 5. The number of rotatable bonds is 7. The monoisotopic (exact) mass is 321 g/mol. The molecule has 0 aliphatic heterocycles. The van der Waals surface area contributed by atoms with Gasteiger partial charge in [-0.25, -0.2) is 9.07 Å². The van der Waals surface area contributed by atoms with E-state index in [4.69, 9.17) is 5.11 Å². The Balaban J connectivity index is 2.20. The quantitative estimate of drug-likeness (QED) is 0.786. The minimum absolute atomic E-state index is 0.00597. The molecule has 2 rings (SSSR count). The molecule has 1 heterocycles. The molecule has 0 aliphatic carbocycles. The number of nitrogens with one attached hydrogen (secondary N) is 1. The smallest absolute Gasteiger partial charge is 0.245 e. The predicted octanol–water partition coefficient (Wildman–Crippen LogP) is 0.792. The molecule has 0 spiro atoms. The van der Waals surface area contributed by atoms with E-state index in [-0.39, 0.29) is 24.4 Å². The average molecular weight is 321 g/mol. The Morgan fingerprint density at radius 3 is 2.65 bits per heavy atom. The molecule has 1 aromatic heterocycles. The minimum Gasteiger partial charge on any atom is -0.396 e. The van der Waals surface area contributed by atoms with Crippen LogP contribution < -0.4 is 5.32 Å². The van der Waals surface area contributed by atoms with Gasteiger partial charge in [0, 0.05) is 19.1 Å². The first-order chi connectivity index (χ1) is 11.0. The fraction of sp³-hybridized carbons (Fsp3) is 0.467. The minimum atomic E-state index is -0.642. The van der Waals surface area contributed by atoms with Crippen molar-refractivity contribution in [2.45, 2.75) is 38.8 Å². The molecule has 1 amide bonds. The highest BCUT2D eigenvalue weighted by Gasteiger charge is 2.25. The van der Waals surface area contributed by atoms with E-state index in [2.05, 4.69) is 20.8 Å². The maximum absolute atomic E-state index is 13.0. The molecule has 1 aromatic carbocycles. The molecular formula is C15H20FN5O2. The number of halogens is 1. The molecule has 0 saturated carbocycles. The van der Waals surface area contributed by atoms with Gasteiger partial charge in [-0.05, 0) is 48.4 Å². The largest absolute Gasteiger partial charge is 0.396 e. The molecule has 2 unspecified atom stereocenters. The number of nitrogens with zero attached hydrogens (tertiary/aromatic N) is 4. The highest BCUT2D eigenvalue weighted by atomic mass is 19.1. The van der Waals surface area contributed by atoms with Crippen molar-refractivity contribution >= 4 is 5.91 Å². The van der Waals surface area contributed by atoms with Gasteiger partial charge in [0.2, 0.25) is 5.91 Å². The molecule has 0 aliphatic rings. The zero-order chi connectivity index (χ0) is 16.8. The number of aliphatic hydroxyl groups excluding tert-OH is 1. The molecule has 0 fully saturated rings. The van der Waals surface area contributed by atoms with Gasteiger partial charge in [0.25, 0.3) is 0 Å². The SMILES string of the molecule is Cc1nnnn1C(Cc1ccc(F)cc1)C(=O)NC(C)CCO. The summed E-state index contributed by atoms with van der Waals surface area (Å²) in [5.74, 6) is -0.0577. The van der Waals surface area contributed by atoms with Crippen molar-refractivity contribution in [1.82, 2.24) is 25.5 Å². The summed E-state index contributed by atoms with van der Waals surface area (Å²) in [5, 5.41) is 23.1. The zero-order valence-corrected chi connectivity index (χ0v) is 13.1. The lowest BCUT2D eigenvalue weighted by Crippen LogP contribution is -2.40. The van der Waals surface area contributed by atoms with Crippen LogP contribution in [0.25, 0.3) is 0 Å². The van der Waals surface area contributed by atoms with Crippen molar-refractivity contribution in [2.24, 2.45) is 0 Å². The molecule has 23 heavy (non-hydrogen) atoms. The molecule has 2 N–H and O–H groups in total. The number of carbonyl (C=O) groups excluding carboxylic acids is 1. The Hall–Kier alpha value is -2.35. The Morgan fingerprint density at radius 2 is 2.09 bits per heavy atom. The van der Waals surface area contributed by atoms with Crippen LogP contribution in [0.15, 0.2) is 24.3 Å². The fourth-order valence-corrected chi connectivity index (χ4v) is 2.27. The van der Waals surface area contributed by atoms with Crippen LogP contribution in [-0.4, -0.2) is 43.9 Å². The number of amides is 1. The summed E-state index contributed by atoms with van der Waals surface area (Å²) in [7, 11) is 0. The molecular weight excluding hydrogens is 301 g/mol. The van der Waals surface area contributed by atoms with E-state index >= 15 is 0 Å². The van der Waals surface area contributed by atoms with Crippen LogP contribution in [-0.2, 0) is 11.2 Å². The number of aliphatic hydroxyl groups is 1. The van der Waals surface area contributed by atoms with Gasteiger partial charge in [0.05, 0.1) is 0 Å². The van der Waals surface area contributed by atoms with E-state index in [9.17, 15) is 9.18 Å². The number of aryl methyl sites for hydroxylation is 1. The summed E-state index contributed by atoms with van der Waals surface area (Å²) < 4.78 is 14.5. The Kier molecular flexibility index (Phi) is 5.75. The van der Waals surface area contributed by atoms with Gasteiger partial charge in [-0.3, -0.25) is 4.79 Å². The lowest BCUT2D eigenvalue weighted by Gasteiger charge is -2.20. The van der Waals surface area contributed by atoms with E-state index in [1.54, 1.807) is 19.1 Å². The molecule has 2 atom stereocenters. The van der Waals surface area contributed by atoms with Crippen molar-refractivity contribution in [2.75, 3.05) is 6.61 Å². The summed E-state index contributed by atoms with van der Waals surface area (Å²) in [6.07, 6.45) is 0.799. The lowest BCUT2D eigenvalue weighted by atomic mass is 10.0. The number of aromatic nitrogens is 4. The standard InChI is InChI=1S/C15H20FN5O2/c1-10(7-8-22)17-15(23)14(21-11(2)18-19-20-21)9-12-3-5-13(16)6-4-12/h3-6,10,14,22H,7-9H2,1-2H3,(H,17,23). The number of tetrazole rings is 1. The summed E-state index contributed by atoms with van der Waals surface area (Å²) in [4.78, 5) is 12.6. The van der Waals surface area contributed by atoms with Crippen molar-refractivity contribution in [3.8, 4) is 0 Å². The molecule has 124 valence electrons. The van der Waals surface area contributed by atoms with E-state index in [1.807, 2.05) is 6.92 Å². The maximum Gasteiger partial charge on any atom is 0.245 e. The first-order valence-corrected chi connectivity index (χ1v) is 7.41. The first-order valence-electron chi connectivity index (χ1n) is 7.41. The molecule has 0 saturated heterocycles. The van der Waals surface area contributed by atoms with Gasteiger partial charge >= 0.3 is 0 Å². The fourth-order valence-electron chi connectivity index (χ4n) is 2.27. The number of benzene rings is 1. The molecule has 8 heteroatoms. The van der Waals surface area contributed by atoms with Crippen molar-refractivity contribution in [3.63, 3.8) is 0 Å². The van der Waals surface area contributed by atoms with E-state index in [0.717, 1.165) is 5.56 Å². The zero-order valence-electron chi connectivity index (χ0n) is 13.1. The molecule has 0 bridgehead atoms. The molecule has 2 aromatic rings. The average Bonchev–Trinajstić information content (AvgIpc) is 2.92. The third kappa shape index (κ3) is 4.56. The van der Waals surface area contributed by atoms with Crippen molar-refractivity contribution < 1.29 is 14.3 Å². The molecule has 7 nitrogen and oxygen atoms in total. The van der Waals surface area contributed by atoms with Gasteiger partial charge in [-0.1, -0.05) is 12.1 Å². The molecule has 0 radical (unpaired) electrons. The normalized spacial score (nSPS) is 13.6. The Morgan fingerprint density at radius 1 is 1.39 bits per heavy atom. The van der Waals surface area contributed by atoms with Gasteiger partial charge in [-0.2, -0.15) is 0 Å². The van der Waals surface area contributed by atoms with Crippen LogP contribution >= 0.6 is 0 Å². The summed E-state index contributed by atoms with van der Waals surface area (Å²) in [5.41, 5.74) is 0.802. The Labute approximate surface area is 133 Å². The van der Waals surface area contributed by atoms with Crippen LogP contribution in [0.4, 0.5) is 4.39 Å². The van der Waals surface area contributed by atoms with Gasteiger partial charge in [0.1, 0.15) is 17.7 Å². The Bertz CT molecular complexity index is 644. The second kappa shape index (κ2) is 7.77. The third-order valence-electron chi connectivity index (χ3n) is 3.55. The second-order valence-electron chi connectivity index (χ2n) is 5.44. The number of carbonyl (C=O) groups is 1. The third-order valence-corrected chi connectivity index (χ3v) is 3.55. The van der Waals surface area contributed by atoms with Crippen LogP contribution in [0.5, 0.6) is 0 Å². The summed E-state index contributed by atoms with van der Waals surface area (Å²) >= 11 is 0. The van der Waals surface area contributed by atoms with Gasteiger partial charge in [0.15, 0.2) is 0 Å². The lowest BCUT2D eigenvalue weighted by molar-refractivity contribution is -0.125.